The van der Waals surface area contributed by atoms with Crippen molar-refractivity contribution in [3.05, 3.63) is 29.3 Å². The summed E-state index contributed by atoms with van der Waals surface area (Å²) >= 11 is 1.70. The fourth-order valence-corrected chi connectivity index (χ4v) is 4.14. The number of thioether (sulfide) groups is 1. The highest BCUT2D eigenvalue weighted by molar-refractivity contribution is 8.00. The summed E-state index contributed by atoms with van der Waals surface area (Å²) in [4.78, 5) is 27.3. The summed E-state index contributed by atoms with van der Waals surface area (Å²) in [6.45, 7) is 10.1. The maximum atomic E-state index is 12.5. The number of ether oxygens (including phenoxy) is 2. The molecule has 2 atom stereocenters. The minimum atomic E-state index is -0.601. The average molecular weight is 365 g/mol. The van der Waals surface area contributed by atoms with Crippen LogP contribution >= 0.6 is 11.8 Å². The van der Waals surface area contributed by atoms with Crippen LogP contribution in [0.5, 0.6) is 0 Å². The first-order valence-electron chi connectivity index (χ1n) is 8.42. The van der Waals surface area contributed by atoms with Gasteiger partial charge in [-0.3, -0.25) is 4.90 Å². The molecule has 0 bridgehead atoms. The summed E-state index contributed by atoms with van der Waals surface area (Å²) in [6.07, 6.45) is 0.0933. The Morgan fingerprint density at radius 3 is 2.48 bits per heavy atom. The number of benzene rings is 1. The Kier molecular flexibility index (Phi) is 6.03. The Morgan fingerprint density at radius 1 is 1.24 bits per heavy atom. The molecule has 0 radical (unpaired) electrons. The highest BCUT2D eigenvalue weighted by atomic mass is 32.2. The summed E-state index contributed by atoms with van der Waals surface area (Å²) in [5.41, 5.74) is 1.82. The van der Waals surface area contributed by atoms with Crippen molar-refractivity contribution >= 4 is 23.8 Å². The summed E-state index contributed by atoms with van der Waals surface area (Å²) in [6, 6.07) is 5.72. The Hall–Kier alpha value is -1.69. The first kappa shape index (κ1) is 19.6. The van der Waals surface area contributed by atoms with Crippen LogP contribution in [0.2, 0.25) is 0 Å². The van der Waals surface area contributed by atoms with Crippen LogP contribution in [0.3, 0.4) is 0 Å². The van der Waals surface area contributed by atoms with Crippen LogP contribution in [-0.2, 0) is 14.3 Å². The predicted molar refractivity (Wildman–Crippen MR) is 98.9 cm³/mol. The summed E-state index contributed by atoms with van der Waals surface area (Å²) < 4.78 is 10.3. The van der Waals surface area contributed by atoms with Gasteiger partial charge in [0.15, 0.2) is 0 Å². The number of hydrogen-bond donors (Lipinski definition) is 0. The van der Waals surface area contributed by atoms with E-state index >= 15 is 0 Å². The molecule has 1 aliphatic heterocycles. The molecule has 0 spiro atoms. The van der Waals surface area contributed by atoms with Gasteiger partial charge in [-0.05, 0) is 52.7 Å². The van der Waals surface area contributed by atoms with Gasteiger partial charge >= 0.3 is 12.1 Å². The SMILES string of the molecule is COC(=O)[C@@H]1C[C@@H](Sc2ccc(C)cc2C)CN1C(=O)OC(C)(C)C. The van der Waals surface area contributed by atoms with Gasteiger partial charge in [0.05, 0.1) is 7.11 Å². The van der Waals surface area contributed by atoms with Crippen molar-refractivity contribution in [2.24, 2.45) is 0 Å². The molecular weight excluding hydrogens is 338 g/mol. The quantitative estimate of drug-likeness (QED) is 0.759. The number of carbonyl (C=O) groups excluding carboxylic acids is 2. The second-order valence-electron chi connectivity index (χ2n) is 7.42. The van der Waals surface area contributed by atoms with Crippen LogP contribution in [0.4, 0.5) is 4.79 Å². The van der Waals surface area contributed by atoms with Gasteiger partial charge in [-0.2, -0.15) is 0 Å². The minimum Gasteiger partial charge on any atom is -0.467 e. The molecule has 0 unspecified atom stereocenters. The van der Waals surface area contributed by atoms with Crippen molar-refractivity contribution in [1.82, 2.24) is 4.90 Å². The Balaban J connectivity index is 2.14. The van der Waals surface area contributed by atoms with Crippen LogP contribution in [0, 0.1) is 13.8 Å². The van der Waals surface area contributed by atoms with Crippen molar-refractivity contribution in [2.75, 3.05) is 13.7 Å². The smallest absolute Gasteiger partial charge is 0.411 e. The van der Waals surface area contributed by atoms with Crippen LogP contribution < -0.4 is 0 Å². The maximum absolute atomic E-state index is 12.5. The molecule has 138 valence electrons. The average Bonchev–Trinajstić information content (AvgIpc) is 2.92. The summed E-state index contributed by atoms with van der Waals surface area (Å²) in [7, 11) is 1.35. The predicted octanol–water partition coefficient (Wildman–Crippen LogP) is 3.95. The van der Waals surface area contributed by atoms with Crippen molar-refractivity contribution < 1.29 is 19.1 Å². The lowest BCUT2D eigenvalue weighted by Gasteiger charge is -2.27. The highest BCUT2D eigenvalue weighted by Gasteiger charge is 2.42. The molecule has 0 aliphatic carbocycles. The number of amides is 1. The van der Waals surface area contributed by atoms with Crippen LogP contribution in [0.25, 0.3) is 0 Å². The van der Waals surface area contributed by atoms with Gasteiger partial charge in [0.25, 0.3) is 0 Å². The zero-order valence-corrected chi connectivity index (χ0v) is 16.6. The molecule has 25 heavy (non-hydrogen) atoms. The van der Waals surface area contributed by atoms with Gasteiger partial charge < -0.3 is 9.47 Å². The lowest BCUT2D eigenvalue weighted by atomic mass is 10.2. The standard InChI is InChI=1S/C19H27NO4S/c1-12-7-8-16(13(2)9-12)25-14-10-15(17(21)23-6)20(11-14)18(22)24-19(3,4)5/h7-9,14-15H,10-11H2,1-6H3/t14-,15+/m1/s1. The van der Waals surface area contributed by atoms with Gasteiger partial charge in [-0.25, -0.2) is 9.59 Å². The van der Waals surface area contributed by atoms with Crippen molar-refractivity contribution in [3.8, 4) is 0 Å². The van der Waals surface area contributed by atoms with E-state index in [1.165, 1.54) is 28.0 Å². The molecule has 1 heterocycles. The number of nitrogens with zero attached hydrogens (tertiary/aromatic N) is 1. The molecule has 6 heteroatoms. The van der Waals surface area contributed by atoms with Crippen molar-refractivity contribution in [3.63, 3.8) is 0 Å². The van der Waals surface area contributed by atoms with Crippen LogP contribution in [0.15, 0.2) is 23.1 Å². The van der Waals surface area contributed by atoms with E-state index in [0.29, 0.717) is 13.0 Å². The third-order valence-electron chi connectivity index (χ3n) is 3.99. The summed E-state index contributed by atoms with van der Waals surface area (Å²) in [5.74, 6) is -0.394. The third kappa shape index (κ3) is 5.14. The minimum absolute atomic E-state index is 0.123. The van der Waals surface area contributed by atoms with E-state index in [-0.39, 0.29) is 5.25 Å². The van der Waals surface area contributed by atoms with Gasteiger partial charge in [0.1, 0.15) is 11.6 Å². The number of aryl methyl sites for hydroxylation is 2. The normalized spacial score (nSPS) is 20.5. The number of rotatable bonds is 3. The van der Waals surface area contributed by atoms with E-state index in [9.17, 15) is 9.59 Å². The van der Waals surface area contributed by atoms with Crippen LogP contribution in [-0.4, -0.2) is 47.5 Å². The van der Waals surface area contributed by atoms with Gasteiger partial charge in [-0.1, -0.05) is 17.7 Å². The van der Waals surface area contributed by atoms with E-state index in [2.05, 4.69) is 32.0 Å². The molecule has 1 aromatic rings. The largest absolute Gasteiger partial charge is 0.467 e. The molecule has 0 aromatic heterocycles. The lowest BCUT2D eigenvalue weighted by molar-refractivity contribution is -0.145. The van der Waals surface area contributed by atoms with Gasteiger partial charge in [0.2, 0.25) is 0 Å². The van der Waals surface area contributed by atoms with E-state index in [1.807, 2.05) is 20.8 Å². The molecule has 1 fully saturated rings. The van der Waals surface area contributed by atoms with Crippen LogP contribution in [0.1, 0.15) is 38.3 Å². The zero-order valence-electron chi connectivity index (χ0n) is 15.8. The molecule has 0 saturated carbocycles. The molecule has 5 nitrogen and oxygen atoms in total. The number of esters is 1. The van der Waals surface area contributed by atoms with Gasteiger partial charge in [-0.15, -0.1) is 11.8 Å². The lowest BCUT2D eigenvalue weighted by Crippen LogP contribution is -2.43. The molecule has 0 N–H and O–H groups in total. The highest BCUT2D eigenvalue weighted by Crippen LogP contribution is 2.35. The molecule has 1 amide bonds. The zero-order chi connectivity index (χ0) is 18.8. The molecule has 1 aromatic carbocycles. The van der Waals surface area contributed by atoms with Crippen molar-refractivity contribution in [2.45, 2.75) is 62.8 Å². The van der Waals surface area contributed by atoms with E-state index in [4.69, 9.17) is 9.47 Å². The monoisotopic (exact) mass is 365 g/mol. The summed E-state index contributed by atoms with van der Waals surface area (Å²) in [5, 5.41) is 0.123. The third-order valence-corrected chi connectivity index (χ3v) is 5.37. The Labute approximate surface area is 154 Å². The molecule has 1 saturated heterocycles. The first-order valence-corrected chi connectivity index (χ1v) is 9.30. The number of hydrogen-bond acceptors (Lipinski definition) is 5. The Morgan fingerprint density at radius 2 is 1.92 bits per heavy atom. The maximum Gasteiger partial charge on any atom is 0.411 e. The fraction of sp³-hybridized carbons (Fsp3) is 0.579. The van der Waals surface area contributed by atoms with E-state index < -0.39 is 23.7 Å². The molecule has 2 rings (SSSR count). The molecule has 1 aliphatic rings. The topological polar surface area (TPSA) is 55.8 Å². The van der Waals surface area contributed by atoms with E-state index in [1.54, 1.807) is 11.8 Å². The van der Waals surface area contributed by atoms with Gasteiger partial charge in [0, 0.05) is 16.7 Å². The second-order valence-corrected chi connectivity index (χ2v) is 8.76. The van der Waals surface area contributed by atoms with E-state index in [0.717, 1.165) is 0 Å². The number of carbonyl (C=O) groups is 2. The van der Waals surface area contributed by atoms with Crippen molar-refractivity contribution in [1.29, 1.82) is 0 Å². The Bertz CT molecular complexity index is 653. The fourth-order valence-electron chi connectivity index (χ4n) is 2.88. The second kappa shape index (κ2) is 7.68. The number of likely N-dealkylation sites (tertiary alicyclic amines) is 1. The molecular formula is C19H27NO4S. The first-order chi connectivity index (χ1) is 11.6. The number of methoxy groups -OCH3 is 1.